The molecular weight excluding hydrogens is 256 g/mol. The number of hydrogen-bond acceptors (Lipinski definition) is 3. The van der Waals surface area contributed by atoms with Crippen molar-refractivity contribution in [2.45, 2.75) is 77.0 Å². The molecular formula is C15H26N2O3. The number of likely N-dealkylation sites (tertiary alicyclic amines) is 2. The Labute approximate surface area is 120 Å². The van der Waals surface area contributed by atoms with Crippen molar-refractivity contribution in [2.24, 2.45) is 0 Å². The van der Waals surface area contributed by atoms with Gasteiger partial charge in [-0.1, -0.05) is 0 Å². The SMILES string of the molecule is CC1CCC(C)N1C(C)C(=O)N1CCCC[C@@H]1C(=O)O. The van der Waals surface area contributed by atoms with Crippen LogP contribution in [0.25, 0.3) is 0 Å². The van der Waals surface area contributed by atoms with Gasteiger partial charge >= 0.3 is 5.97 Å². The van der Waals surface area contributed by atoms with E-state index in [2.05, 4.69) is 18.7 Å². The number of piperidine rings is 1. The number of amides is 1. The number of hydrogen-bond donors (Lipinski definition) is 1. The van der Waals surface area contributed by atoms with Crippen LogP contribution in [0.3, 0.4) is 0 Å². The fourth-order valence-electron chi connectivity index (χ4n) is 3.80. The van der Waals surface area contributed by atoms with Gasteiger partial charge in [0.1, 0.15) is 6.04 Å². The van der Waals surface area contributed by atoms with E-state index in [0.29, 0.717) is 25.0 Å². The van der Waals surface area contributed by atoms with E-state index in [9.17, 15) is 14.7 Å². The van der Waals surface area contributed by atoms with Crippen LogP contribution in [0.15, 0.2) is 0 Å². The van der Waals surface area contributed by atoms with Gasteiger partial charge in [-0.25, -0.2) is 4.79 Å². The van der Waals surface area contributed by atoms with Crippen LogP contribution in [-0.2, 0) is 9.59 Å². The molecule has 0 aromatic rings. The highest BCUT2D eigenvalue weighted by Gasteiger charge is 2.39. The van der Waals surface area contributed by atoms with Gasteiger partial charge in [-0.15, -0.1) is 0 Å². The first-order valence-corrected chi connectivity index (χ1v) is 7.74. The largest absolute Gasteiger partial charge is 0.480 e. The van der Waals surface area contributed by atoms with Crippen molar-refractivity contribution in [3.05, 3.63) is 0 Å². The van der Waals surface area contributed by atoms with Crippen LogP contribution >= 0.6 is 0 Å². The Balaban J connectivity index is 2.10. The fourth-order valence-corrected chi connectivity index (χ4v) is 3.80. The second-order valence-corrected chi connectivity index (χ2v) is 6.28. The molecule has 0 aliphatic carbocycles. The summed E-state index contributed by atoms with van der Waals surface area (Å²) < 4.78 is 0. The number of carbonyl (C=O) groups excluding carboxylic acids is 1. The highest BCUT2D eigenvalue weighted by Crippen LogP contribution is 2.28. The Morgan fingerprint density at radius 2 is 1.70 bits per heavy atom. The monoisotopic (exact) mass is 282 g/mol. The molecule has 1 N–H and O–H groups in total. The molecule has 20 heavy (non-hydrogen) atoms. The summed E-state index contributed by atoms with van der Waals surface area (Å²) in [5, 5.41) is 9.30. The zero-order valence-corrected chi connectivity index (χ0v) is 12.7. The predicted octanol–water partition coefficient (Wildman–Crippen LogP) is 1.71. The summed E-state index contributed by atoms with van der Waals surface area (Å²) in [7, 11) is 0. The van der Waals surface area contributed by atoms with E-state index in [4.69, 9.17) is 0 Å². The lowest BCUT2D eigenvalue weighted by atomic mass is 10.0. The van der Waals surface area contributed by atoms with E-state index in [1.807, 2.05) is 6.92 Å². The van der Waals surface area contributed by atoms with Crippen LogP contribution in [-0.4, -0.2) is 57.5 Å². The number of carbonyl (C=O) groups is 2. The highest BCUT2D eigenvalue weighted by atomic mass is 16.4. The number of rotatable bonds is 3. The molecule has 5 heteroatoms. The van der Waals surface area contributed by atoms with Crippen LogP contribution in [0.1, 0.15) is 52.9 Å². The van der Waals surface area contributed by atoms with Crippen LogP contribution in [0.4, 0.5) is 0 Å². The first-order valence-electron chi connectivity index (χ1n) is 7.74. The van der Waals surface area contributed by atoms with Crippen LogP contribution < -0.4 is 0 Å². The van der Waals surface area contributed by atoms with E-state index in [0.717, 1.165) is 25.7 Å². The molecule has 1 amide bonds. The van der Waals surface area contributed by atoms with E-state index in [1.54, 1.807) is 4.90 Å². The van der Waals surface area contributed by atoms with Crippen LogP contribution in [0.5, 0.6) is 0 Å². The maximum Gasteiger partial charge on any atom is 0.326 e. The molecule has 114 valence electrons. The normalized spacial score (nSPS) is 33.1. The first-order chi connectivity index (χ1) is 9.43. The fraction of sp³-hybridized carbons (Fsp3) is 0.867. The van der Waals surface area contributed by atoms with Crippen molar-refractivity contribution in [1.29, 1.82) is 0 Å². The molecule has 5 nitrogen and oxygen atoms in total. The lowest BCUT2D eigenvalue weighted by Crippen LogP contribution is -2.56. The molecule has 2 heterocycles. The van der Waals surface area contributed by atoms with Gasteiger partial charge in [0.2, 0.25) is 5.91 Å². The Kier molecular flexibility index (Phi) is 4.68. The first kappa shape index (κ1) is 15.3. The molecule has 0 aromatic heterocycles. The van der Waals surface area contributed by atoms with E-state index >= 15 is 0 Å². The number of aliphatic carboxylic acids is 1. The maximum absolute atomic E-state index is 12.7. The minimum atomic E-state index is -0.868. The van der Waals surface area contributed by atoms with Gasteiger partial charge in [0.05, 0.1) is 6.04 Å². The second kappa shape index (κ2) is 6.12. The number of carboxylic acids is 1. The lowest BCUT2D eigenvalue weighted by molar-refractivity contribution is -0.154. The molecule has 2 rings (SSSR count). The van der Waals surface area contributed by atoms with Gasteiger partial charge in [0, 0.05) is 18.6 Å². The zero-order chi connectivity index (χ0) is 14.9. The maximum atomic E-state index is 12.7. The van der Waals surface area contributed by atoms with Crippen molar-refractivity contribution < 1.29 is 14.7 Å². The summed E-state index contributed by atoms with van der Waals surface area (Å²) in [4.78, 5) is 27.9. The Morgan fingerprint density at radius 3 is 2.25 bits per heavy atom. The Morgan fingerprint density at radius 1 is 1.10 bits per heavy atom. The zero-order valence-electron chi connectivity index (χ0n) is 12.7. The molecule has 4 atom stereocenters. The molecule has 0 saturated carbocycles. The smallest absolute Gasteiger partial charge is 0.326 e. The molecule has 2 fully saturated rings. The van der Waals surface area contributed by atoms with E-state index in [-0.39, 0.29) is 11.9 Å². The average molecular weight is 282 g/mol. The lowest BCUT2D eigenvalue weighted by Gasteiger charge is -2.39. The van der Waals surface area contributed by atoms with Gasteiger partial charge in [-0.05, 0) is 52.9 Å². The van der Waals surface area contributed by atoms with Crippen molar-refractivity contribution in [2.75, 3.05) is 6.54 Å². The van der Waals surface area contributed by atoms with E-state index in [1.165, 1.54) is 0 Å². The summed E-state index contributed by atoms with van der Waals surface area (Å²) in [6.07, 6.45) is 4.61. The highest BCUT2D eigenvalue weighted by molar-refractivity contribution is 5.87. The van der Waals surface area contributed by atoms with Crippen molar-refractivity contribution in [3.63, 3.8) is 0 Å². The molecule has 2 saturated heterocycles. The van der Waals surface area contributed by atoms with Crippen molar-refractivity contribution in [1.82, 2.24) is 9.80 Å². The van der Waals surface area contributed by atoms with Crippen molar-refractivity contribution >= 4 is 11.9 Å². The summed E-state index contributed by atoms with van der Waals surface area (Å²) in [6.45, 7) is 6.81. The summed E-state index contributed by atoms with van der Waals surface area (Å²) in [6, 6.07) is -0.0524. The summed E-state index contributed by atoms with van der Waals surface area (Å²) >= 11 is 0. The minimum absolute atomic E-state index is 0.0160. The quantitative estimate of drug-likeness (QED) is 0.856. The van der Waals surface area contributed by atoms with Gasteiger partial charge in [0.25, 0.3) is 0 Å². The second-order valence-electron chi connectivity index (χ2n) is 6.28. The molecule has 0 bridgehead atoms. The standard InChI is InChI=1S/C15H26N2O3/c1-10-7-8-11(2)17(10)12(3)14(18)16-9-5-4-6-13(16)15(19)20/h10-13H,4-9H2,1-3H3,(H,19,20)/t10?,11?,12?,13-/m1/s1. The third kappa shape index (κ3) is 2.82. The summed E-state index contributed by atoms with van der Waals surface area (Å²) in [5.74, 6) is -0.884. The van der Waals surface area contributed by atoms with Gasteiger partial charge in [-0.3, -0.25) is 9.69 Å². The van der Waals surface area contributed by atoms with Crippen molar-refractivity contribution in [3.8, 4) is 0 Å². The third-order valence-corrected chi connectivity index (χ3v) is 4.90. The molecule has 0 spiro atoms. The molecule has 2 aliphatic rings. The molecule has 3 unspecified atom stereocenters. The van der Waals surface area contributed by atoms with Gasteiger partial charge in [0.15, 0.2) is 0 Å². The molecule has 0 radical (unpaired) electrons. The Hall–Kier alpha value is -1.10. The van der Waals surface area contributed by atoms with E-state index < -0.39 is 12.0 Å². The minimum Gasteiger partial charge on any atom is -0.480 e. The van der Waals surface area contributed by atoms with Crippen LogP contribution in [0.2, 0.25) is 0 Å². The number of carboxylic acid groups (broad SMARTS) is 1. The average Bonchev–Trinajstić information content (AvgIpc) is 2.76. The van der Waals surface area contributed by atoms with Gasteiger partial charge < -0.3 is 10.0 Å². The summed E-state index contributed by atoms with van der Waals surface area (Å²) in [5.41, 5.74) is 0. The van der Waals surface area contributed by atoms with Gasteiger partial charge in [-0.2, -0.15) is 0 Å². The Bertz CT molecular complexity index is 375. The number of nitrogens with zero attached hydrogens (tertiary/aromatic N) is 2. The topological polar surface area (TPSA) is 60.9 Å². The molecule has 0 aromatic carbocycles. The predicted molar refractivity (Wildman–Crippen MR) is 76.4 cm³/mol. The molecule has 2 aliphatic heterocycles. The van der Waals surface area contributed by atoms with Crippen LogP contribution in [0, 0.1) is 0 Å². The third-order valence-electron chi connectivity index (χ3n) is 4.90.